The fourth-order valence-electron chi connectivity index (χ4n) is 4.69. The quantitative estimate of drug-likeness (QED) is 0.374. The normalized spacial score (nSPS) is 17.9. The third kappa shape index (κ3) is 6.05. The number of para-hydroxylation sites is 4. The van der Waals surface area contributed by atoms with E-state index in [-0.39, 0.29) is 24.4 Å². The molecule has 0 radical (unpaired) electrons. The summed E-state index contributed by atoms with van der Waals surface area (Å²) in [7, 11) is -4.16. The summed E-state index contributed by atoms with van der Waals surface area (Å²) >= 11 is 0. The summed E-state index contributed by atoms with van der Waals surface area (Å²) < 4.78 is 39.7. The Bertz CT molecular complexity index is 1130. The minimum Gasteiger partial charge on any atom is -0.453 e. The fourth-order valence-corrected chi connectivity index (χ4v) is 5.23. The average molecular weight is 498 g/mol. The molecular formula is C27H35N3O4S. The van der Waals surface area contributed by atoms with E-state index >= 15 is 0 Å². The number of rotatable bonds is 11. The van der Waals surface area contributed by atoms with Crippen LogP contribution in [0.3, 0.4) is 0 Å². The SMILES string of the molecule is CCCCC1=NC(C(CCS(=O)(=O)O)N2c3ccccc3Oc3ccccc32)N(CCCC)C=C1. The van der Waals surface area contributed by atoms with Crippen LogP contribution in [0.5, 0.6) is 11.5 Å². The van der Waals surface area contributed by atoms with Gasteiger partial charge in [-0.3, -0.25) is 9.55 Å². The summed E-state index contributed by atoms with van der Waals surface area (Å²) in [6.07, 6.45) is 9.15. The van der Waals surface area contributed by atoms with Crippen LogP contribution in [-0.2, 0) is 10.1 Å². The van der Waals surface area contributed by atoms with Gasteiger partial charge in [-0.05, 0) is 56.0 Å². The number of hydrogen-bond acceptors (Lipinski definition) is 6. The Morgan fingerprint density at radius 2 is 1.63 bits per heavy atom. The molecule has 0 saturated heterocycles. The Morgan fingerprint density at radius 3 is 2.23 bits per heavy atom. The van der Waals surface area contributed by atoms with Gasteiger partial charge in [0.15, 0.2) is 11.5 Å². The Kier molecular flexibility index (Phi) is 8.13. The first-order chi connectivity index (χ1) is 16.9. The minimum atomic E-state index is -4.16. The lowest BCUT2D eigenvalue weighted by atomic mass is 10.0. The fraction of sp³-hybridized carbons (Fsp3) is 0.444. The van der Waals surface area contributed by atoms with Crippen molar-refractivity contribution >= 4 is 27.2 Å². The van der Waals surface area contributed by atoms with Gasteiger partial charge >= 0.3 is 0 Å². The first kappa shape index (κ1) is 25.3. The molecule has 2 atom stereocenters. The largest absolute Gasteiger partial charge is 0.453 e. The van der Waals surface area contributed by atoms with E-state index in [4.69, 9.17) is 9.73 Å². The standard InChI is InChI=1S/C27H35N3O4S/c1-3-5-11-21-16-19-29(18-6-4-2)27(28-21)24(17-20-35(31,32)33)30-22-12-7-9-14-25(22)34-26-15-10-8-13-23(26)30/h7-10,12-16,19,24,27H,3-6,11,17-18,20H2,1-2H3,(H,31,32,33). The Balaban J connectivity index is 1.82. The van der Waals surface area contributed by atoms with Crippen LogP contribution in [-0.4, -0.2) is 48.1 Å². The molecule has 2 aliphatic rings. The molecule has 2 aromatic carbocycles. The molecule has 2 heterocycles. The van der Waals surface area contributed by atoms with Crippen LogP contribution >= 0.6 is 0 Å². The Hall–Kier alpha value is -2.84. The summed E-state index contributed by atoms with van der Waals surface area (Å²) in [5.41, 5.74) is 2.75. The number of nitrogens with zero attached hydrogens (tertiary/aromatic N) is 3. The zero-order valence-electron chi connectivity index (χ0n) is 20.5. The molecule has 0 aliphatic carbocycles. The highest BCUT2D eigenvalue weighted by atomic mass is 32.2. The number of fused-ring (bicyclic) bond motifs is 2. The number of benzene rings is 2. The highest BCUT2D eigenvalue weighted by Crippen LogP contribution is 2.48. The van der Waals surface area contributed by atoms with Crippen LogP contribution in [0.25, 0.3) is 0 Å². The predicted molar refractivity (Wildman–Crippen MR) is 141 cm³/mol. The summed E-state index contributed by atoms with van der Waals surface area (Å²) in [4.78, 5) is 9.54. The van der Waals surface area contributed by atoms with E-state index in [0.29, 0.717) is 11.5 Å². The van der Waals surface area contributed by atoms with E-state index < -0.39 is 10.1 Å². The van der Waals surface area contributed by atoms with Crippen molar-refractivity contribution in [1.82, 2.24) is 4.90 Å². The van der Waals surface area contributed by atoms with Crippen molar-refractivity contribution in [2.75, 3.05) is 17.2 Å². The van der Waals surface area contributed by atoms with E-state index in [1.807, 2.05) is 48.5 Å². The Morgan fingerprint density at radius 1 is 1.00 bits per heavy atom. The van der Waals surface area contributed by atoms with Crippen molar-refractivity contribution in [1.29, 1.82) is 0 Å². The van der Waals surface area contributed by atoms with Crippen LogP contribution in [0.4, 0.5) is 11.4 Å². The van der Waals surface area contributed by atoms with Crippen molar-refractivity contribution in [3.63, 3.8) is 0 Å². The van der Waals surface area contributed by atoms with Crippen molar-refractivity contribution in [3.05, 3.63) is 60.8 Å². The summed E-state index contributed by atoms with van der Waals surface area (Å²) in [6.45, 7) is 5.13. The third-order valence-corrected chi connectivity index (χ3v) is 7.22. The topological polar surface area (TPSA) is 82.4 Å². The second-order valence-electron chi connectivity index (χ2n) is 9.09. The zero-order chi connectivity index (χ0) is 24.8. The number of aliphatic imine (C=N–C) groups is 1. The molecule has 1 N–H and O–H groups in total. The molecule has 7 nitrogen and oxygen atoms in total. The molecule has 0 spiro atoms. The second kappa shape index (κ2) is 11.3. The lowest BCUT2D eigenvalue weighted by Gasteiger charge is -2.44. The molecule has 35 heavy (non-hydrogen) atoms. The molecule has 0 fully saturated rings. The first-order valence-electron chi connectivity index (χ1n) is 12.5. The summed E-state index contributed by atoms with van der Waals surface area (Å²) in [5, 5.41) is 0. The molecule has 4 rings (SSSR count). The van der Waals surface area contributed by atoms with Crippen LogP contribution < -0.4 is 9.64 Å². The first-order valence-corrected chi connectivity index (χ1v) is 14.1. The second-order valence-corrected chi connectivity index (χ2v) is 10.7. The van der Waals surface area contributed by atoms with Crippen LogP contribution in [0.1, 0.15) is 52.4 Å². The molecule has 2 aliphatic heterocycles. The number of ether oxygens (including phenoxy) is 1. The van der Waals surface area contributed by atoms with Crippen molar-refractivity contribution < 1.29 is 17.7 Å². The smallest absolute Gasteiger partial charge is 0.264 e. The summed E-state index contributed by atoms with van der Waals surface area (Å²) in [6, 6.07) is 15.2. The highest BCUT2D eigenvalue weighted by molar-refractivity contribution is 7.85. The maximum Gasteiger partial charge on any atom is 0.264 e. The molecule has 0 bridgehead atoms. The highest BCUT2D eigenvalue weighted by Gasteiger charge is 2.38. The van der Waals surface area contributed by atoms with Crippen molar-refractivity contribution in [2.24, 2.45) is 4.99 Å². The van der Waals surface area contributed by atoms with E-state index in [1.54, 1.807) is 0 Å². The van der Waals surface area contributed by atoms with E-state index in [0.717, 1.165) is 55.7 Å². The van der Waals surface area contributed by atoms with Crippen LogP contribution in [0.2, 0.25) is 0 Å². The number of unbranched alkanes of at least 4 members (excludes halogenated alkanes) is 2. The van der Waals surface area contributed by atoms with Gasteiger partial charge in [-0.25, -0.2) is 0 Å². The molecular weight excluding hydrogens is 462 g/mol. The molecule has 0 amide bonds. The van der Waals surface area contributed by atoms with Gasteiger partial charge in [0.1, 0.15) is 6.17 Å². The lowest BCUT2D eigenvalue weighted by molar-refractivity contribution is 0.234. The van der Waals surface area contributed by atoms with Gasteiger partial charge in [-0.2, -0.15) is 8.42 Å². The van der Waals surface area contributed by atoms with E-state index in [9.17, 15) is 13.0 Å². The van der Waals surface area contributed by atoms with Gasteiger partial charge in [0.05, 0.1) is 23.2 Å². The molecule has 2 unspecified atom stereocenters. The predicted octanol–water partition coefficient (Wildman–Crippen LogP) is 6.16. The van der Waals surface area contributed by atoms with Gasteiger partial charge in [-0.1, -0.05) is 51.0 Å². The molecule has 0 saturated carbocycles. The number of allylic oxidation sites excluding steroid dienone is 1. The van der Waals surface area contributed by atoms with Gasteiger partial charge in [-0.15, -0.1) is 0 Å². The van der Waals surface area contributed by atoms with Gasteiger partial charge in [0.2, 0.25) is 0 Å². The average Bonchev–Trinajstić information content (AvgIpc) is 2.85. The van der Waals surface area contributed by atoms with E-state index in [2.05, 4.69) is 35.9 Å². The third-order valence-electron chi connectivity index (χ3n) is 6.47. The Labute approximate surface area is 208 Å². The monoisotopic (exact) mass is 497 g/mol. The number of hydrogen-bond donors (Lipinski definition) is 1. The minimum absolute atomic E-state index is 0.215. The van der Waals surface area contributed by atoms with Crippen LogP contribution in [0, 0.1) is 0 Å². The summed E-state index contributed by atoms with van der Waals surface area (Å²) in [5.74, 6) is 1.08. The van der Waals surface area contributed by atoms with Crippen molar-refractivity contribution in [2.45, 2.75) is 64.6 Å². The molecule has 2 aromatic rings. The zero-order valence-corrected chi connectivity index (χ0v) is 21.3. The van der Waals surface area contributed by atoms with Gasteiger partial charge < -0.3 is 14.5 Å². The van der Waals surface area contributed by atoms with E-state index in [1.165, 1.54) is 0 Å². The van der Waals surface area contributed by atoms with Gasteiger partial charge in [0, 0.05) is 18.5 Å². The van der Waals surface area contributed by atoms with Gasteiger partial charge in [0.25, 0.3) is 10.1 Å². The molecule has 8 heteroatoms. The maximum atomic E-state index is 11.9. The van der Waals surface area contributed by atoms with Crippen molar-refractivity contribution in [3.8, 4) is 11.5 Å². The molecule has 188 valence electrons. The number of anilines is 2. The maximum absolute atomic E-state index is 11.9. The van der Waals surface area contributed by atoms with Crippen LogP contribution in [0.15, 0.2) is 65.8 Å². The lowest BCUT2D eigenvalue weighted by Crippen LogP contribution is -2.51. The molecule has 0 aromatic heterocycles.